The second-order valence-corrected chi connectivity index (χ2v) is 11.6. The summed E-state index contributed by atoms with van der Waals surface area (Å²) in [6.45, 7) is 1.78. The fraction of sp³-hybridized carbons (Fsp3) is 0.423. The van der Waals surface area contributed by atoms with Gasteiger partial charge in [-0.05, 0) is 66.3 Å². The first-order valence-corrected chi connectivity index (χ1v) is 13.4. The average molecular weight is 525 g/mol. The first kappa shape index (κ1) is 26.2. The third-order valence-electron chi connectivity index (χ3n) is 6.94. The van der Waals surface area contributed by atoms with Gasteiger partial charge in [0.25, 0.3) is 0 Å². The summed E-state index contributed by atoms with van der Waals surface area (Å²) in [4.78, 5) is 13.9. The van der Waals surface area contributed by atoms with Crippen molar-refractivity contribution in [3.05, 3.63) is 65.6 Å². The van der Waals surface area contributed by atoms with Crippen molar-refractivity contribution in [1.82, 2.24) is 9.47 Å². The summed E-state index contributed by atoms with van der Waals surface area (Å²) >= 11 is 0. The van der Waals surface area contributed by atoms with Crippen LogP contribution in [-0.2, 0) is 27.4 Å². The van der Waals surface area contributed by atoms with Crippen LogP contribution in [0.15, 0.2) is 53.6 Å². The van der Waals surface area contributed by atoms with E-state index in [1.54, 1.807) is 6.07 Å². The number of benzene rings is 2. The normalized spacial score (nSPS) is 16.4. The number of hydrogen-bond acceptors (Lipinski definition) is 3. The molecule has 1 aliphatic heterocycles. The molecule has 1 aromatic heterocycles. The zero-order chi connectivity index (χ0) is 26.3. The first-order chi connectivity index (χ1) is 16.8. The minimum absolute atomic E-state index is 0.0502. The second-order valence-electron chi connectivity index (χ2n) is 9.56. The van der Waals surface area contributed by atoms with E-state index in [1.807, 2.05) is 29.9 Å². The molecule has 2 heterocycles. The molecule has 0 aliphatic carbocycles. The van der Waals surface area contributed by atoms with Gasteiger partial charge in [-0.3, -0.25) is 4.79 Å². The molecule has 10 heteroatoms. The van der Waals surface area contributed by atoms with E-state index in [-0.39, 0.29) is 16.6 Å². The number of carbonyl (C=O) groups is 1. The Morgan fingerprint density at radius 2 is 1.72 bits per heavy atom. The van der Waals surface area contributed by atoms with Gasteiger partial charge in [0, 0.05) is 43.7 Å². The van der Waals surface area contributed by atoms with E-state index in [2.05, 4.69) is 0 Å². The van der Waals surface area contributed by atoms with Crippen LogP contribution in [0.4, 0.5) is 17.6 Å². The third kappa shape index (κ3) is 5.58. The van der Waals surface area contributed by atoms with Crippen molar-refractivity contribution >= 4 is 26.6 Å². The molecule has 0 saturated carbocycles. The van der Waals surface area contributed by atoms with Crippen LogP contribution in [0.2, 0.25) is 0 Å². The van der Waals surface area contributed by atoms with Crippen LogP contribution in [0.1, 0.15) is 43.2 Å². The zero-order valence-corrected chi connectivity index (χ0v) is 20.9. The van der Waals surface area contributed by atoms with Crippen LogP contribution in [0.25, 0.3) is 10.9 Å². The highest BCUT2D eigenvalue weighted by atomic mass is 32.2. The molecule has 0 N–H and O–H groups in total. The zero-order valence-electron chi connectivity index (χ0n) is 20.1. The minimum Gasteiger partial charge on any atom is -0.350 e. The molecule has 1 amide bonds. The molecule has 1 unspecified atom stereocenters. The van der Waals surface area contributed by atoms with Crippen molar-refractivity contribution < 1.29 is 30.8 Å². The highest BCUT2D eigenvalue weighted by Crippen LogP contribution is 2.36. The highest BCUT2D eigenvalue weighted by Gasteiger charge is 2.38. The quantitative estimate of drug-likeness (QED) is 0.312. The van der Waals surface area contributed by atoms with E-state index in [0.29, 0.717) is 31.5 Å². The van der Waals surface area contributed by atoms with E-state index >= 15 is 0 Å². The molecule has 194 valence electrons. The van der Waals surface area contributed by atoms with Crippen molar-refractivity contribution in [1.29, 1.82) is 0 Å². The second kappa shape index (κ2) is 9.88. The van der Waals surface area contributed by atoms with Gasteiger partial charge in [0.15, 0.2) is 9.84 Å². The fourth-order valence-corrected chi connectivity index (χ4v) is 6.11. The van der Waals surface area contributed by atoms with E-state index < -0.39 is 40.1 Å². The molecule has 1 atom stereocenters. The molecular weight excluding hydrogens is 496 g/mol. The number of piperidine rings is 1. The Balaban J connectivity index is 1.50. The van der Waals surface area contributed by atoms with Crippen molar-refractivity contribution in [3.8, 4) is 0 Å². The van der Waals surface area contributed by atoms with Crippen LogP contribution in [-0.4, -0.2) is 43.1 Å². The number of carbonyl (C=O) groups excluding carboxylic acids is 1. The molecular formula is C26H28F4N2O3S. The van der Waals surface area contributed by atoms with Gasteiger partial charge in [-0.1, -0.05) is 13.0 Å². The van der Waals surface area contributed by atoms with Gasteiger partial charge in [-0.25, -0.2) is 12.8 Å². The lowest BCUT2D eigenvalue weighted by Crippen LogP contribution is -2.39. The summed E-state index contributed by atoms with van der Waals surface area (Å²) < 4.78 is 79.4. The molecule has 1 aliphatic rings. The number of sulfone groups is 1. The van der Waals surface area contributed by atoms with Crippen LogP contribution < -0.4 is 0 Å². The first-order valence-electron chi connectivity index (χ1n) is 11.8. The highest BCUT2D eigenvalue weighted by molar-refractivity contribution is 7.90. The van der Waals surface area contributed by atoms with E-state index in [1.165, 1.54) is 17.0 Å². The molecule has 36 heavy (non-hydrogen) atoms. The summed E-state index contributed by atoms with van der Waals surface area (Å²) in [5, 5.41) is 0.916. The summed E-state index contributed by atoms with van der Waals surface area (Å²) in [7, 11) is -1.76. The van der Waals surface area contributed by atoms with Gasteiger partial charge in [0.1, 0.15) is 5.82 Å². The molecule has 0 bridgehead atoms. The van der Waals surface area contributed by atoms with E-state index in [0.717, 1.165) is 35.5 Å². The lowest BCUT2D eigenvalue weighted by molar-refractivity contribution is -0.176. The van der Waals surface area contributed by atoms with Crippen LogP contribution in [0.5, 0.6) is 0 Å². The van der Waals surface area contributed by atoms with E-state index in [4.69, 9.17) is 0 Å². The lowest BCUT2D eigenvalue weighted by atomic mass is 9.88. The van der Waals surface area contributed by atoms with E-state index in [9.17, 15) is 30.8 Å². The number of alkyl halides is 3. The van der Waals surface area contributed by atoms with Crippen molar-refractivity contribution in [2.75, 3.05) is 13.1 Å². The molecule has 3 aromatic rings. The predicted molar refractivity (Wildman–Crippen MR) is 129 cm³/mol. The largest absolute Gasteiger partial charge is 0.392 e. The number of hydrogen-bond donors (Lipinski definition) is 0. The van der Waals surface area contributed by atoms with Crippen LogP contribution >= 0.6 is 0 Å². The monoisotopic (exact) mass is 524 g/mol. The Morgan fingerprint density at radius 1 is 1.08 bits per heavy atom. The van der Waals surface area contributed by atoms with Gasteiger partial charge in [-0.2, -0.15) is 13.2 Å². The predicted octanol–water partition coefficient (Wildman–Crippen LogP) is 5.59. The standard InChI is InChI=1S/C26H28F4N2O3S/c1-17(26(28,29)30)13-25(33)32-11-9-19(10-12-32)23-15-31(2)24-8-3-18(14-22(23)24)16-36(34,35)21-6-4-20(27)5-7-21/h3-8,14-15,17,19H,9-13,16H2,1-2H3. The number of nitrogens with zero attached hydrogens (tertiary/aromatic N) is 2. The minimum atomic E-state index is -4.39. The average Bonchev–Trinajstić information content (AvgIpc) is 3.14. The number of halogens is 4. The summed E-state index contributed by atoms with van der Waals surface area (Å²) in [5.74, 6) is -2.80. The molecule has 1 fully saturated rings. The number of amides is 1. The maximum atomic E-state index is 13.2. The molecule has 0 spiro atoms. The van der Waals surface area contributed by atoms with Crippen LogP contribution in [0, 0.1) is 11.7 Å². The Morgan fingerprint density at radius 3 is 2.33 bits per heavy atom. The number of likely N-dealkylation sites (tertiary alicyclic amines) is 1. The summed E-state index contributed by atoms with van der Waals surface area (Å²) in [6.07, 6.45) is -1.71. The topological polar surface area (TPSA) is 59.4 Å². The number of aryl methyl sites for hydroxylation is 1. The summed E-state index contributed by atoms with van der Waals surface area (Å²) in [6, 6.07) is 10.2. The SMILES string of the molecule is CC(CC(=O)N1CCC(c2cn(C)c3ccc(CS(=O)(=O)c4ccc(F)cc4)cc23)CC1)C(F)(F)F. The van der Waals surface area contributed by atoms with Crippen LogP contribution in [0.3, 0.4) is 0 Å². The molecule has 5 nitrogen and oxygen atoms in total. The lowest BCUT2D eigenvalue weighted by Gasteiger charge is -2.33. The maximum absolute atomic E-state index is 13.2. The summed E-state index contributed by atoms with van der Waals surface area (Å²) in [5.41, 5.74) is 2.57. The van der Waals surface area contributed by atoms with Crippen molar-refractivity contribution in [2.45, 2.75) is 48.9 Å². The van der Waals surface area contributed by atoms with Crippen molar-refractivity contribution in [3.63, 3.8) is 0 Å². The number of fused-ring (bicyclic) bond motifs is 1. The molecule has 0 radical (unpaired) electrons. The Labute approximate surface area is 207 Å². The Hall–Kier alpha value is -2.88. The number of rotatable bonds is 6. The number of aromatic nitrogens is 1. The Bertz CT molecular complexity index is 1360. The van der Waals surface area contributed by atoms with Gasteiger partial charge >= 0.3 is 6.18 Å². The molecule has 1 saturated heterocycles. The molecule has 4 rings (SSSR count). The smallest absolute Gasteiger partial charge is 0.350 e. The van der Waals surface area contributed by atoms with Gasteiger partial charge in [0.2, 0.25) is 5.91 Å². The molecule has 2 aromatic carbocycles. The van der Waals surface area contributed by atoms with Gasteiger partial charge in [-0.15, -0.1) is 0 Å². The third-order valence-corrected chi connectivity index (χ3v) is 8.64. The van der Waals surface area contributed by atoms with Crippen molar-refractivity contribution in [2.24, 2.45) is 13.0 Å². The van der Waals surface area contributed by atoms with Gasteiger partial charge < -0.3 is 9.47 Å². The van der Waals surface area contributed by atoms with Gasteiger partial charge in [0.05, 0.1) is 16.6 Å². The fourth-order valence-electron chi connectivity index (χ4n) is 4.78. The maximum Gasteiger partial charge on any atom is 0.392 e. The Kier molecular flexibility index (Phi) is 7.19.